The van der Waals surface area contributed by atoms with Crippen LogP contribution >= 0.6 is 0 Å². The van der Waals surface area contributed by atoms with Crippen molar-refractivity contribution in [2.75, 3.05) is 7.11 Å². The van der Waals surface area contributed by atoms with Gasteiger partial charge in [-0.25, -0.2) is 0 Å². The first-order valence-electron chi connectivity index (χ1n) is 8.07. The van der Waals surface area contributed by atoms with Crippen molar-refractivity contribution in [1.29, 1.82) is 0 Å². The van der Waals surface area contributed by atoms with Gasteiger partial charge in [-0.1, -0.05) is 20.8 Å². The average molecular weight is 333 g/mol. The number of nitro groups is 1. The highest BCUT2D eigenvalue weighted by molar-refractivity contribution is 6.02. The molecule has 0 aliphatic heterocycles. The maximum absolute atomic E-state index is 12.7. The molecule has 1 N–H and O–H groups in total. The quantitative estimate of drug-likeness (QED) is 0.511. The summed E-state index contributed by atoms with van der Waals surface area (Å²) in [6, 6.07) is 2.78. The second-order valence-corrected chi connectivity index (χ2v) is 6.64. The lowest BCUT2D eigenvalue weighted by atomic mass is 9.73. The van der Waals surface area contributed by atoms with Crippen LogP contribution in [0.4, 0.5) is 5.69 Å². The third-order valence-corrected chi connectivity index (χ3v) is 4.68. The third kappa shape index (κ3) is 3.42. The van der Waals surface area contributed by atoms with Gasteiger partial charge < -0.3 is 9.84 Å². The minimum Gasteiger partial charge on any atom is -0.500 e. The van der Waals surface area contributed by atoms with Gasteiger partial charge in [-0.15, -0.1) is 0 Å². The summed E-state index contributed by atoms with van der Waals surface area (Å²) in [5.74, 6) is -0.0246. The number of carbonyl (C=O) groups excluding carboxylic acids is 1. The van der Waals surface area contributed by atoms with E-state index in [-0.39, 0.29) is 29.3 Å². The first-order valence-corrected chi connectivity index (χ1v) is 8.07. The summed E-state index contributed by atoms with van der Waals surface area (Å²) in [7, 11) is 1.33. The molecule has 130 valence electrons. The molecule has 0 bridgehead atoms. The van der Waals surface area contributed by atoms with Crippen LogP contribution in [0.15, 0.2) is 17.7 Å². The largest absolute Gasteiger partial charge is 0.500 e. The molecule has 1 aromatic carbocycles. The lowest BCUT2D eigenvalue weighted by Crippen LogP contribution is -2.30. The van der Waals surface area contributed by atoms with Crippen LogP contribution in [0.1, 0.15) is 39.2 Å². The zero-order valence-corrected chi connectivity index (χ0v) is 14.4. The summed E-state index contributed by atoms with van der Waals surface area (Å²) in [6.07, 6.45) is 3.47. The van der Waals surface area contributed by atoms with Crippen LogP contribution in [-0.2, 0) is 4.79 Å². The lowest BCUT2D eigenvalue weighted by molar-refractivity contribution is -0.386. The molecule has 2 rings (SSSR count). The molecule has 6 heteroatoms. The van der Waals surface area contributed by atoms with Gasteiger partial charge in [-0.2, -0.15) is 0 Å². The van der Waals surface area contributed by atoms with Crippen LogP contribution in [0.5, 0.6) is 11.5 Å². The van der Waals surface area contributed by atoms with E-state index >= 15 is 0 Å². The van der Waals surface area contributed by atoms with Crippen LogP contribution in [0, 0.1) is 27.9 Å². The molecule has 6 nitrogen and oxygen atoms in total. The molecule has 1 fully saturated rings. The number of nitro benzene ring substituents is 1. The number of aromatic hydroxyl groups is 1. The number of nitrogens with zero attached hydrogens (tertiary/aromatic N) is 1. The number of methoxy groups -OCH3 is 1. The number of phenols is 1. The molecule has 0 radical (unpaired) electrons. The summed E-state index contributed by atoms with van der Waals surface area (Å²) in [5.41, 5.74) is 0.732. The number of hydrogen-bond donors (Lipinski definition) is 1. The van der Waals surface area contributed by atoms with Crippen molar-refractivity contribution in [3.8, 4) is 11.5 Å². The minimum absolute atomic E-state index is 0.0125. The van der Waals surface area contributed by atoms with Gasteiger partial charge >= 0.3 is 5.69 Å². The maximum atomic E-state index is 12.7. The van der Waals surface area contributed by atoms with E-state index in [4.69, 9.17) is 4.74 Å². The van der Waals surface area contributed by atoms with Crippen molar-refractivity contribution in [2.45, 2.75) is 33.6 Å². The molecule has 24 heavy (non-hydrogen) atoms. The van der Waals surface area contributed by atoms with Crippen molar-refractivity contribution >= 4 is 17.5 Å². The lowest BCUT2D eigenvalue weighted by Gasteiger charge is -2.30. The van der Waals surface area contributed by atoms with Gasteiger partial charge in [0.25, 0.3) is 0 Å². The van der Waals surface area contributed by atoms with Crippen LogP contribution in [0.3, 0.4) is 0 Å². The van der Waals surface area contributed by atoms with Crippen LogP contribution in [0.25, 0.3) is 6.08 Å². The van der Waals surface area contributed by atoms with Gasteiger partial charge in [0.2, 0.25) is 5.75 Å². The second kappa shape index (κ2) is 7.03. The van der Waals surface area contributed by atoms with E-state index in [9.17, 15) is 20.0 Å². The molecule has 0 aromatic heterocycles. The van der Waals surface area contributed by atoms with Crippen molar-refractivity contribution in [2.24, 2.45) is 17.8 Å². The number of hydrogen-bond acceptors (Lipinski definition) is 5. The fourth-order valence-electron chi connectivity index (χ4n) is 3.19. The molecule has 1 aromatic rings. The zero-order valence-electron chi connectivity index (χ0n) is 14.4. The Hall–Kier alpha value is -2.37. The summed E-state index contributed by atoms with van der Waals surface area (Å²) in [4.78, 5) is 23.2. The first-order chi connectivity index (χ1) is 11.3. The Labute approximate surface area is 141 Å². The van der Waals surface area contributed by atoms with E-state index in [2.05, 4.69) is 0 Å². The molecular weight excluding hydrogens is 310 g/mol. The number of rotatable bonds is 4. The minimum atomic E-state index is -0.664. The standard InChI is InChI=1S/C18H23NO5/c1-10(2)13-6-5-11(3)14(17(13)20)7-12-8-15(19(22)23)18(21)16(9-12)24-4/h7-11,13,21H,5-6H2,1-4H3/t11-,13-/m0/s1. The van der Waals surface area contributed by atoms with Crippen LogP contribution in [-0.4, -0.2) is 22.9 Å². The summed E-state index contributed by atoms with van der Waals surface area (Å²) in [6.45, 7) is 6.06. The van der Waals surface area contributed by atoms with Gasteiger partial charge in [0.15, 0.2) is 11.5 Å². The highest BCUT2D eigenvalue weighted by atomic mass is 16.6. The topological polar surface area (TPSA) is 89.7 Å². The number of allylic oxidation sites excluding steroid dienone is 1. The second-order valence-electron chi connectivity index (χ2n) is 6.64. The molecule has 0 saturated heterocycles. The van der Waals surface area contributed by atoms with Gasteiger partial charge in [-0.05, 0) is 48.0 Å². The maximum Gasteiger partial charge on any atom is 0.315 e. The first kappa shape index (κ1) is 18.0. The summed E-state index contributed by atoms with van der Waals surface area (Å²) in [5, 5.41) is 21.0. The molecule has 1 aliphatic carbocycles. The normalized spacial score (nSPS) is 22.9. The van der Waals surface area contributed by atoms with E-state index in [0.29, 0.717) is 11.1 Å². The monoisotopic (exact) mass is 333 g/mol. The van der Waals surface area contributed by atoms with Crippen molar-refractivity contribution in [3.63, 3.8) is 0 Å². The fourth-order valence-corrected chi connectivity index (χ4v) is 3.19. The van der Waals surface area contributed by atoms with Gasteiger partial charge in [0.05, 0.1) is 12.0 Å². The fraction of sp³-hybridized carbons (Fsp3) is 0.500. The van der Waals surface area contributed by atoms with Crippen molar-refractivity contribution in [3.05, 3.63) is 33.4 Å². The highest BCUT2D eigenvalue weighted by Crippen LogP contribution is 2.39. The molecular formula is C18H23NO5. The molecule has 1 aliphatic rings. The van der Waals surface area contributed by atoms with Crippen molar-refractivity contribution in [1.82, 2.24) is 0 Å². The number of ketones is 1. The highest BCUT2D eigenvalue weighted by Gasteiger charge is 2.33. The van der Waals surface area contributed by atoms with Gasteiger partial charge in [0, 0.05) is 12.0 Å². The van der Waals surface area contributed by atoms with Crippen LogP contribution < -0.4 is 4.74 Å². The summed E-state index contributed by atoms with van der Waals surface area (Å²) < 4.78 is 5.01. The average Bonchev–Trinajstić information content (AvgIpc) is 2.51. The Bertz CT molecular complexity index is 693. The summed E-state index contributed by atoms with van der Waals surface area (Å²) >= 11 is 0. The number of Topliss-reactive ketones (excluding diaryl/α,β-unsaturated/α-hetero) is 1. The Morgan fingerprint density at radius 3 is 2.58 bits per heavy atom. The van der Waals surface area contributed by atoms with Crippen LogP contribution in [0.2, 0.25) is 0 Å². The van der Waals surface area contributed by atoms with E-state index in [0.717, 1.165) is 12.8 Å². The number of benzene rings is 1. The molecule has 2 atom stereocenters. The molecule has 1 saturated carbocycles. The Morgan fingerprint density at radius 1 is 1.38 bits per heavy atom. The van der Waals surface area contributed by atoms with Crippen molar-refractivity contribution < 1.29 is 19.6 Å². The van der Waals surface area contributed by atoms with Gasteiger partial charge in [0.1, 0.15) is 0 Å². The third-order valence-electron chi connectivity index (χ3n) is 4.68. The van der Waals surface area contributed by atoms with E-state index in [1.165, 1.54) is 19.2 Å². The number of ether oxygens (including phenoxy) is 1. The van der Waals surface area contributed by atoms with Gasteiger partial charge in [-0.3, -0.25) is 14.9 Å². The molecule has 0 heterocycles. The molecule has 0 amide bonds. The Morgan fingerprint density at radius 2 is 2.04 bits per heavy atom. The molecule has 0 unspecified atom stereocenters. The molecule has 0 spiro atoms. The van der Waals surface area contributed by atoms with E-state index in [1.807, 2.05) is 20.8 Å². The Kier molecular flexibility index (Phi) is 5.26. The number of carbonyl (C=O) groups is 1. The number of phenolic OH excluding ortho intramolecular Hbond substituents is 1. The predicted octanol–water partition coefficient (Wildman–Crippen LogP) is 3.96. The smallest absolute Gasteiger partial charge is 0.315 e. The van der Waals surface area contributed by atoms with E-state index < -0.39 is 16.4 Å². The van der Waals surface area contributed by atoms with E-state index in [1.54, 1.807) is 6.08 Å². The zero-order chi connectivity index (χ0) is 18.0. The SMILES string of the molecule is COc1cc(C=C2C(=O)[C@H](C(C)C)CC[C@@H]2C)cc([N+](=O)[O-])c1O. The predicted molar refractivity (Wildman–Crippen MR) is 91.0 cm³/mol. The Balaban J connectivity index is 2.50.